The van der Waals surface area contributed by atoms with E-state index in [9.17, 15) is 15.3 Å². The molecule has 2 rings (SSSR count). The average molecular weight is 216 g/mol. The molecule has 0 aromatic heterocycles. The van der Waals surface area contributed by atoms with Gasteiger partial charge in [0, 0.05) is 5.56 Å². The fraction of sp³-hybridized carbons (Fsp3) is 0.0769. The molecule has 0 unspecified atom stereocenters. The monoisotopic (exact) mass is 216 g/mol. The number of aryl methyl sites for hydroxylation is 1. The van der Waals surface area contributed by atoms with Crippen LogP contribution >= 0.6 is 0 Å². The normalized spacial score (nSPS) is 10.3. The average Bonchev–Trinajstić information content (AvgIpc) is 2.26. The molecule has 0 saturated heterocycles. The molecule has 0 radical (unpaired) electrons. The summed E-state index contributed by atoms with van der Waals surface area (Å²) in [6, 6.07) is 9.94. The van der Waals surface area contributed by atoms with Gasteiger partial charge in [0.2, 0.25) is 0 Å². The van der Waals surface area contributed by atoms with E-state index in [0.717, 1.165) is 0 Å². The summed E-state index contributed by atoms with van der Waals surface area (Å²) >= 11 is 0. The van der Waals surface area contributed by atoms with E-state index in [1.54, 1.807) is 37.3 Å². The van der Waals surface area contributed by atoms with Crippen molar-refractivity contribution < 1.29 is 15.3 Å². The number of benzene rings is 2. The maximum absolute atomic E-state index is 9.79. The van der Waals surface area contributed by atoms with Gasteiger partial charge in [0.05, 0.1) is 0 Å². The van der Waals surface area contributed by atoms with Crippen LogP contribution in [0, 0.1) is 6.92 Å². The molecular formula is C13H12O3. The second kappa shape index (κ2) is 3.77. The molecule has 0 atom stereocenters. The maximum atomic E-state index is 9.79. The quantitative estimate of drug-likeness (QED) is 0.642. The van der Waals surface area contributed by atoms with E-state index in [2.05, 4.69) is 0 Å². The van der Waals surface area contributed by atoms with E-state index in [0.29, 0.717) is 16.7 Å². The summed E-state index contributed by atoms with van der Waals surface area (Å²) in [5, 5.41) is 28.7. The number of phenols is 3. The van der Waals surface area contributed by atoms with E-state index in [1.807, 2.05) is 0 Å². The highest BCUT2D eigenvalue weighted by molar-refractivity contribution is 5.74. The standard InChI is InChI=1S/C13H12O3/c1-8-5-6-11(13(16)12(8)15)9-3-2-4-10(14)7-9/h2-7,14-16H,1H3. The smallest absolute Gasteiger partial charge is 0.165 e. The highest BCUT2D eigenvalue weighted by Crippen LogP contribution is 2.39. The Bertz CT molecular complexity index is 533. The topological polar surface area (TPSA) is 60.7 Å². The minimum absolute atomic E-state index is 0.122. The molecular weight excluding hydrogens is 204 g/mol. The van der Waals surface area contributed by atoms with Crippen LogP contribution < -0.4 is 0 Å². The highest BCUT2D eigenvalue weighted by atomic mass is 16.3. The van der Waals surface area contributed by atoms with Gasteiger partial charge in [-0.25, -0.2) is 0 Å². The van der Waals surface area contributed by atoms with Gasteiger partial charge in [-0.2, -0.15) is 0 Å². The third-order valence-corrected chi connectivity index (χ3v) is 2.51. The van der Waals surface area contributed by atoms with Crippen molar-refractivity contribution in [3.8, 4) is 28.4 Å². The van der Waals surface area contributed by atoms with Crippen LogP contribution in [0.25, 0.3) is 11.1 Å². The summed E-state index contributed by atoms with van der Waals surface area (Å²) in [6.07, 6.45) is 0. The van der Waals surface area contributed by atoms with Crippen LogP contribution in [-0.4, -0.2) is 15.3 Å². The molecule has 0 amide bonds. The SMILES string of the molecule is Cc1ccc(-c2cccc(O)c2)c(O)c1O. The van der Waals surface area contributed by atoms with E-state index in [-0.39, 0.29) is 17.2 Å². The van der Waals surface area contributed by atoms with Crippen LogP contribution in [0.4, 0.5) is 0 Å². The Balaban J connectivity index is 2.61. The summed E-state index contributed by atoms with van der Waals surface area (Å²) in [5.41, 5.74) is 1.77. The Morgan fingerprint density at radius 3 is 2.31 bits per heavy atom. The highest BCUT2D eigenvalue weighted by Gasteiger charge is 2.10. The van der Waals surface area contributed by atoms with E-state index < -0.39 is 0 Å². The largest absolute Gasteiger partial charge is 0.508 e. The summed E-state index contributed by atoms with van der Waals surface area (Å²) in [4.78, 5) is 0. The summed E-state index contributed by atoms with van der Waals surface area (Å²) in [6.45, 7) is 1.71. The first-order valence-electron chi connectivity index (χ1n) is 4.90. The Morgan fingerprint density at radius 1 is 0.875 bits per heavy atom. The Kier molecular flexibility index (Phi) is 2.44. The lowest BCUT2D eigenvalue weighted by Gasteiger charge is -2.08. The summed E-state index contributed by atoms with van der Waals surface area (Å²) in [7, 11) is 0. The van der Waals surface area contributed by atoms with Crippen molar-refractivity contribution in [3.05, 3.63) is 42.0 Å². The van der Waals surface area contributed by atoms with Gasteiger partial charge in [-0.15, -0.1) is 0 Å². The van der Waals surface area contributed by atoms with E-state index >= 15 is 0 Å². The minimum Gasteiger partial charge on any atom is -0.508 e. The molecule has 2 aromatic rings. The summed E-state index contributed by atoms with van der Waals surface area (Å²) < 4.78 is 0. The predicted octanol–water partition coefficient (Wildman–Crippen LogP) is 2.78. The van der Waals surface area contributed by atoms with E-state index in [1.165, 1.54) is 6.07 Å². The second-order valence-corrected chi connectivity index (χ2v) is 3.68. The first-order valence-corrected chi connectivity index (χ1v) is 4.90. The molecule has 82 valence electrons. The number of hydrogen-bond acceptors (Lipinski definition) is 3. The van der Waals surface area contributed by atoms with Gasteiger partial charge in [0.25, 0.3) is 0 Å². The Hall–Kier alpha value is -2.16. The zero-order chi connectivity index (χ0) is 11.7. The molecule has 0 saturated carbocycles. The number of rotatable bonds is 1. The van der Waals surface area contributed by atoms with Gasteiger partial charge in [-0.05, 0) is 30.2 Å². The molecule has 0 aliphatic rings. The maximum Gasteiger partial charge on any atom is 0.165 e. The van der Waals surface area contributed by atoms with Crippen LogP contribution in [0.5, 0.6) is 17.2 Å². The fourth-order valence-electron chi connectivity index (χ4n) is 1.59. The number of phenolic OH excluding ortho intramolecular Hbond substituents is 3. The van der Waals surface area contributed by atoms with Crippen molar-refractivity contribution >= 4 is 0 Å². The molecule has 2 aromatic carbocycles. The first-order chi connectivity index (χ1) is 7.59. The predicted molar refractivity (Wildman–Crippen MR) is 61.6 cm³/mol. The molecule has 3 heteroatoms. The lowest BCUT2D eigenvalue weighted by atomic mass is 10.0. The van der Waals surface area contributed by atoms with Crippen molar-refractivity contribution in [2.75, 3.05) is 0 Å². The molecule has 0 spiro atoms. The fourth-order valence-corrected chi connectivity index (χ4v) is 1.59. The van der Waals surface area contributed by atoms with Gasteiger partial charge in [0.1, 0.15) is 5.75 Å². The van der Waals surface area contributed by atoms with Crippen LogP contribution in [-0.2, 0) is 0 Å². The minimum atomic E-state index is -0.161. The Morgan fingerprint density at radius 2 is 1.62 bits per heavy atom. The van der Waals surface area contributed by atoms with Gasteiger partial charge in [-0.1, -0.05) is 24.3 Å². The Labute approximate surface area is 93.2 Å². The third-order valence-electron chi connectivity index (χ3n) is 2.51. The molecule has 0 heterocycles. The van der Waals surface area contributed by atoms with Gasteiger partial charge in [0.15, 0.2) is 11.5 Å². The number of aromatic hydroxyl groups is 3. The van der Waals surface area contributed by atoms with Crippen molar-refractivity contribution in [1.82, 2.24) is 0 Å². The van der Waals surface area contributed by atoms with Crippen molar-refractivity contribution in [3.63, 3.8) is 0 Å². The molecule has 3 N–H and O–H groups in total. The third kappa shape index (κ3) is 1.67. The molecule has 0 aliphatic carbocycles. The second-order valence-electron chi connectivity index (χ2n) is 3.68. The zero-order valence-electron chi connectivity index (χ0n) is 8.81. The van der Waals surface area contributed by atoms with Crippen LogP contribution in [0.15, 0.2) is 36.4 Å². The lowest BCUT2D eigenvalue weighted by Crippen LogP contribution is -1.82. The zero-order valence-corrected chi connectivity index (χ0v) is 8.81. The molecule has 0 aliphatic heterocycles. The van der Waals surface area contributed by atoms with Crippen LogP contribution in [0.2, 0.25) is 0 Å². The van der Waals surface area contributed by atoms with Gasteiger partial charge >= 0.3 is 0 Å². The number of hydrogen-bond donors (Lipinski definition) is 3. The van der Waals surface area contributed by atoms with Crippen molar-refractivity contribution in [1.29, 1.82) is 0 Å². The van der Waals surface area contributed by atoms with Crippen LogP contribution in [0.3, 0.4) is 0 Å². The molecule has 0 fully saturated rings. The van der Waals surface area contributed by atoms with Gasteiger partial charge in [-0.3, -0.25) is 0 Å². The van der Waals surface area contributed by atoms with E-state index in [4.69, 9.17) is 0 Å². The molecule has 16 heavy (non-hydrogen) atoms. The van der Waals surface area contributed by atoms with Crippen molar-refractivity contribution in [2.45, 2.75) is 6.92 Å². The molecule has 3 nitrogen and oxygen atoms in total. The van der Waals surface area contributed by atoms with Gasteiger partial charge < -0.3 is 15.3 Å². The lowest BCUT2D eigenvalue weighted by molar-refractivity contribution is 0.402. The first kappa shape index (κ1) is 10.4. The van der Waals surface area contributed by atoms with Crippen LogP contribution in [0.1, 0.15) is 5.56 Å². The summed E-state index contributed by atoms with van der Waals surface area (Å²) in [5.74, 6) is -0.164. The van der Waals surface area contributed by atoms with Crippen molar-refractivity contribution in [2.24, 2.45) is 0 Å². The molecule has 0 bridgehead atoms.